The minimum atomic E-state index is -1.21. The number of rotatable bonds is 6. The van der Waals surface area contributed by atoms with E-state index in [-0.39, 0.29) is 0 Å². The van der Waals surface area contributed by atoms with Crippen LogP contribution in [0, 0.1) is 0 Å². The molecule has 3 aromatic carbocycles. The summed E-state index contributed by atoms with van der Waals surface area (Å²) in [7, 11) is 0. The van der Waals surface area contributed by atoms with E-state index in [1.54, 1.807) is 24.3 Å². The third-order valence-electron chi connectivity index (χ3n) is 4.24. The predicted molar refractivity (Wildman–Crippen MR) is 109 cm³/mol. The van der Waals surface area contributed by atoms with Gasteiger partial charge in [-0.3, -0.25) is 0 Å². The molecule has 0 aliphatic rings. The topological polar surface area (TPSA) is 32.3 Å². The maximum Gasteiger partial charge on any atom is 0.127 e. The summed E-state index contributed by atoms with van der Waals surface area (Å²) in [6.07, 6.45) is 0. The van der Waals surface area contributed by atoms with Gasteiger partial charge in [0.15, 0.2) is 0 Å². The summed E-state index contributed by atoms with van der Waals surface area (Å²) in [6, 6.07) is 22.0. The third kappa shape index (κ3) is 4.59. The summed E-state index contributed by atoms with van der Waals surface area (Å²) in [6.45, 7) is 0.910. The van der Waals surface area contributed by atoms with E-state index in [4.69, 9.17) is 34.8 Å². The second-order valence-corrected chi connectivity index (χ2v) is 7.42. The number of aliphatic hydroxyl groups is 1. The third-order valence-corrected chi connectivity index (χ3v) is 4.98. The highest BCUT2D eigenvalue weighted by atomic mass is 35.5. The minimum Gasteiger partial charge on any atom is -0.379 e. The Morgan fingerprint density at radius 1 is 0.731 bits per heavy atom. The number of hydrogen-bond donors (Lipinski definition) is 2. The smallest absolute Gasteiger partial charge is 0.127 e. The average molecular weight is 407 g/mol. The van der Waals surface area contributed by atoms with Gasteiger partial charge in [-0.05, 0) is 53.1 Å². The van der Waals surface area contributed by atoms with Crippen molar-refractivity contribution in [3.05, 3.63) is 105 Å². The second-order valence-electron chi connectivity index (χ2n) is 6.11. The molecule has 0 aliphatic heterocycles. The first kappa shape index (κ1) is 19.2. The summed E-state index contributed by atoms with van der Waals surface area (Å²) in [5.41, 5.74) is 1.34. The van der Waals surface area contributed by atoms with Crippen molar-refractivity contribution in [3.63, 3.8) is 0 Å². The van der Waals surface area contributed by atoms with Crippen LogP contribution in [0.25, 0.3) is 0 Å². The van der Waals surface area contributed by atoms with Crippen LogP contribution in [0.2, 0.25) is 15.1 Å². The van der Waals surface area contributed by atoms with Crippen molar-refractivity contribution in [2.45, 2.75) is 12.1 Å². The molecule has 0 saturated heterocycles. The quantitative estimate of drug-likeness (QED) is 0.552. The van der Waals surface area contributed by atoms with E-state index in [1.807, 2.05) is 48.5 Å². The lowest BCUT2D eigenvalue weighted by molar-refractivity contribution is 0.0796. The molecule has 0 saturated carbocycles. The first-order valence-electron chi connectivity index (χ1n) is 8.17. The van der Waals surface area contributed by atoms with Gasteiger partial charge in [-0.15, -0.1) is 0 Å². The van der Waals surface area contributed by atoms with E-state index in [1.165, 1.54) is 0 Å². The highest BCUT2D eigenvalue weighted by molar-refractivity contribution is 6.31. The van der Waals surface area contributed by atoms with Crippen LogP contribution >= 0.6 is 34.8 Å². The molecule has 0 fully saturated rings. The van der Waals surface area contributed by atoms with E-state index >= 15 is 0 Å². The fourth-order valence-electron chi connectivity index (χ4n) is 2.86. The first-order valence-corrected chi connectivity index (χ1v) is 9.30. The van der Waals surface area contributed by atoms with Gasteiger partial charge in [-0.25, -0.2) is 0 Å². The SMILES string of the molecule is OC(CNCc1cccc(Cl)c1)(c1ccc(Cl)cc1)c1ccc(Cl)cc1. The van der Waals surface area contributed by atoms with Crippen molar-refractivity contribution in [1.82, 2.24) is 5.32 Å². The van der Waals surface area contributed by atoms with Crippen LogP contribution in [0.1, 0.15) is 16.7 Å². The summed E-state index contributed by atoms with van der Waals surface area (Å²) >= 11 is 18.0. The van der Waals surface area contributed by atoms with E-state index in [9.17, 15) is 5.11 Å². The Bertz CT molecular complexity index is 818. The molecule has 3 rings (SSSR count). The monoisotopic (exact) mass is 405 g/mol. The number of hydrogen-bond acceptors (Lipinski definition) is 2. The average Bonchev–Trinajstić information content (AvgIpc) is 2.63. The molecule has 0 atom stereocenters. The Balaban J connectivity index is 1.85. The highest BCUT2D eigenvalue weighted by Crippen LogP contribution is 2.31. The molecule has 0 aromatic heterocycles. The van der Waals surface area contributed by atoms with E-state index < -0.39 is 5.60 Å². The van der Waals surface area contributed by atoms with Crippen molar-refractivity contribution in [2.24, 2.45) is 0 Å². The molecule has 0 bridgehead atoms. The maximum atomic E-state index is 11.5. The van der Waals surface area contributed by atoms with Gasteiger partial charge < -0.3 is 10.4 Å². The molecule has 134 valence electrons. The molecule has 0 radical (unpaired) electrons. The van der Waals surface area contributed by atoms with Crippen LogP contribution < -0.4 is 5.32 Å². The standard InChI is InChI=1S/C21H18Cl3NO/c22-18-8-4-16(5-9-18)21(26,17-6-10-19(23)11-7-17)14-25-13-15-2-1-3-20(24)12-15/h1-12,25-26H,13-14H2. The summed E-state index contributed by atoms with van der Waals surface area (Å²) < 4.78 is 0. The van der Waals surface area contributed by atoms with Crippen molar-refractivity contribution in [2.75, 3.05) is 6.54 Å². The van der Waals surface area contributed by atoms with Crippen LogP contribution in [0.15, 0.2) is 72.8 Å². The number of nitrogens with one attached hydrogen (secondary N) is 1. The zero-order valence-electron chi connectivity index (χ0n) is 13.9. The lowest BCUT2D eigenvalue weighted by atomic mass is 9.86. The van der Waals surface area contributed by atoms with Crippen molar-refractivity contribution < 1.29 is 5.11 Å². The fraction of sp³-hybridized carbons (Fsp3) is 0.143. The molecule has 0 spiro atoms. The Kier molecular flexibility index (Phi) is 6.23. The van der Waals surface area contributed by atoms with Gasteiger partial charge in [0.25, 0.3) is 0 Å². The highest BCUT2D eigenvalue weighted by Gasteiger charge is 2.31. The van der Waals surface area contributed by atoms with E-state index in [0.717, 1.165) is 16.7 Å². The van der Waals surface area contributed by atoms with Crippen molar-refractivity contribution >= 4 is 34.8 Å². The number of benzene rings is 3. The molecule has 26 heavy (non-hydrogen) atoms. The minimum absolute atomic E-state index is 0.322. The van der Waals surface area contributed by atoms with Gasteiger partial charge >= 0.3 is 0 Å². The van der Waals surface area contributed by atoms with Gasteiger partial charge in [0.2, 0.25) is 0 Å². The Morgan fingerprint density at radius 2 is 1.27 bits per heavy atom. The van der Waals surface area contributed by atoms with E-state index in [0.29, 0.717) is 28.2 Å². The second kappa shape index (κ2) is 8.43. The van der Waals surface area contributed by atoms with Crippen molar-refractivity contribution in [1.29, 1.82) is 0 Å². The van der Waals surface area contributed by atoms with Crippen LogP contribution in [-0.2, 0) is 12.1 Å². The molecule has 2 N–H and O–H groups in total. The molecular weight excluding hydrogens is 389 g/mol. The molecular formula is C21H18Cl3NO. The summed E-state index contributed by atoms with van der Waals surface area (Å²) in [5.74, 6) is 0. The summed E-state index contributed by atoms with van der Waals surface area (Å²) in [5, 5.41) is 16.8. The molecule has 2 nitrogen and oxygen atoms in total. The molecule has 0 unspecified atom stereocenters. The Hall–Kier alpha value is -1.55. The maximum absolute atomic E-state index is 11.5. The van der Waals surface area contributed by atoms with Gasteiger partial charge in [0, 0.05) is 28.2 Å². The molecule has 0 aliphatic carbocycles. The van der Waals surface area contributed by atoms with Crippen molar-refractivity contribution in [3.8, 4) is 0 Å². The largest absolute Gasteiger partial charge is 0.379 e. The first-order chi connectivity index (χ1) is 12.5. The molecule has 0 heterocycles. The molecule has 5 heteroatoms. The predicted octanol–water partition coefficient (Wildman–Crippen LogP) is 5.67. The van der Waals surface area contributed by atoms with Gasteiger partial charge in [-0.2, -0.15) is 0 Å². The lowest BCUT2D eigenvalue weighted by Crippen LogP contribution is -2.39. The number of halogens is 3. The van der Waals surface area contributed by atoms with Crippen LogP contribution in [0.3, 0.4) is 0 Å². The van der Waals surface area contributed by atoms with Crippen LogP contribution in [0.4, 0.5) is 0 Å². The zero-order chi connectivity index (χ0) is 18.6. The summed E-state index contributed by atoms with van der Waals surface area (Å²) in [4.78, 5) is 0. The lowest BCUT2D eigenvalue weighted by Gasteiger charge is -2.30. The normalized spacial score (nSPS) is 11.5. The van der Waals surface area contributed by atoms with Crippen LogP contribution in [-0.4, -0.2) is 11.7 Å². The fourth-order valence-corrected chi connectivity index (χ4v) is 3.32. The Labute approximate surface area is 168 Å². The van der Waals surface area contributed by atoms with Gasteiger partial charge in [-0.1, -0.05) is 71.2 Å². The van der Waals surface area contributed by atoms with Gasteiger partial charge in [0.05, 0.1) is 0 Å². The van der Waals surface area contributed by atoms with Gasteiger partial charge in [0.1, 0.15) is 5.60 Å². The van der Waals surface area contributed by atoms with E-state index in [2.05, 4.69) is 5.32 Å². The zero-order valence-corrected chi connectivity index (χ0v) is 16.2. The Morgan fingerprint density at radius 3 is 1.77 bits per heavy atom. The molecule has 0 amide bonds. The van der Waals surface area contributed by atoms with Crippen LogP contribution in [0.5, 0.6) is 0 Å². The molecule has 3 aromatic rings.